The van der Waals surface area contributed by atoms with E-state index in [2.05, 4.69) is 63.9 Å². The van der Waals surface area contributed by atoms with Gasteiger partial charge in [-0.2, -0.15) is 0 Å². The van der Waals surface area contributed by atoms with Crippen molar-refractivity contribution in [2.45, 2.75) is 39.8 Å². The summed E-state index contributed by atoms with van der Waals surface area (Å²) in [4.78, 5) is 24.2. The normalized spacial score (nSPS) is 19.2. The first-order valence-electron chi connectivity index (χ1n) is 11.3. The van der Waals surface area contributed by atoms with E-state index in [-0.39, 0.29) is 5.92 Å². The summed E-state index contributed by atoms with van der Waals surface area (Å²) in [6.45, 7) is 12.0. The predicted octanol–water partition coefficient (Wildman–Crippen LogP) is 3.25. The Hall–Kier alpha value is -2.24. The second-order valence-electron chi connectivity index (χ2n) is 8.94. The molecule has 2 aromatic rings. The smallest absolute Gasteiger partial charge is 0.225 e. The number of amides is 1. The molecular formula is C25H34N4O. The molecule has 0 bridgehead atoms. The van der Waals surface area contributed by atoms with E-state index in [1.165, 1.54) is 22.3 Å². The van der Waals surface area contributed by atoms with Gasteiger partial charge >= 0.3 is 0 Å². The van der Waals surface area contributed by atoms with Gasteiger partial charge in [0.2, 0.25) is 5.91 Å². The van der Waals surface area contributed by atoms with Crippen LogP contribution in [0.4, 0.5) is 0 Å². The van der Waals surface area contributed by atoms with Gasteiger partial charge in [-0.15, -0.1) is 0 Å². The van der Waals surface area contributed by atoms with Crippen molar-refractivity contribution in [1.82, 2.24) is 19.7 Å². The number of nitrogens with zero attached hydrogens (tertiary/aromatic N) is 4. The topological polar surface area (TPSA) is 39.7 Å². The zero-order chi connectivity index (χ0) is 20.9. The number of aromatic nitrogens is 1. The highest BCUT2D eigenvalue weighted by Gasteiger charge is 2.30. The van der Waals surface area contributed by atoms with E-state index < -0.39 is 0 Å². The Kier molecular flexibility index (Phi) is 6.80. The Morgan fingerprint density at radius 2 is 1.57 bits per heavy atom. The number of piperazine rings is 1. The van der Waals surface area contributed by atoms with E-state index >= 15 is 0 Å². The van der Waals surface area contributed by atoms with Gasteiger partial charge in [0.15, 0.2) is 0 Å². The summed E-state index contributed by atoms with van der Waals surface area (Å²) in [6.07, 6.45) is 5.66. The first-order valence-corrected chi connectivity index (χ1v) is 11.3. The Bertz CT molecular complexity index is 837. The summed E-state index contributed by atoms with van der Waals surface area (Å²) >= 11 is 0. The number of hydrogen-bond donors (Lipinski definition) is 0. The van der Waals surface area contributed by atoms with Crippen molar-refractivity contribution in [3.05, 3.63) is 65.0 Å². The van der Waals surface area contributed by atoms with Gasteiger partial charge in [-0.1, -0.05) is 23.8 Å². The van der Waals surface area contributed by atoms with Crippen molar-refractivity contribution in [3.8, 4) is 0 Å². The molecule has 2 fully saturated rings. The van der Waals surface area contributed by atoms with Crippen molar-refractivity contribution in [2.75, 3.05) is 39.3 Å². The van der Waals surface area contributed by atoms with E-state index in [9.17, 15) is 4.79 Å². The highest BCUT2D eigenvalue weighted by atomic mass is 16.2. The zero-order valence-electron chi connectivity index (χ0n) is 18.4. The summed E-state index contributed by atoms with van der Waals surface area (Å²) in [5, 5.41) is 0. The molecule has 0 spiro atoms. The van der Waals surface area contributed by atoms with Crippen molar-refractivity contribution in [3.63, 3.8) is 0 Å². The molecule has 1 amide bonds. The molecule has 0 N–H and O–H groups in total. The molecule has 1 aromatic heterocycles. The fraction of sp³-hybridized carbons (Fsp3) is 0.520. The van der Waals surface area contributed by atoms with Crippen LogP contribution in [-0.2, 0) is 17.9 Å². The number of aryl methyl sites for hydroxylation is 2. The molecule has 5 heteroatoms. The van der Waals surface area contributed by atoms with Crippen LogP contribution in [0.15, 0.2) is 42.7 Å². The van der Waals surface area contributed by atoms with Crippen molar-refractivity contribution >= 4 is 5.91 Å². The minimum absolute atomic E-state index is 0.198. The van der Waals surface area contributed by atoms with E-state index in [0.29, 0.717) is 5.91 Å². The van der Waals surface area contributed by atoms with E-state index in [0.717, 1.165) is 65.2 Å². The minimum atomic E-state index is 0.198. The second kappa shape index (κ2) is 9.71. The monoisotopic (exact) mass is 406 g/mol. The molecule has 0 aliphatic carbocycles. The molecule has 0 atom stereocenters. The molecule has 5 nitrogen and oxygen atoms in total. The third kappa shape index (κ3) is 5.27. The van der Waals surface area contributed by atoms with Gasteiger partial charge < -0.3 is 4.90 Å². The number of pyridine rings is 1. The number of carbonyl (C=O) groups excluding carboxylic acids is 1. The molecule has 4 rings (SSSR count). The van der Waals surface area contributed by atoms with Crippen LogP contribution < -0.4 is 0 Å². The molecule has 1 aromatic carbocycles. The average molecular weight is 407 g/mol. The number of benzene rings is 1. The molecule has 0 saturated carbocycles. The molecule has 0 unspecified atom stereocenters. The summed E-state index contributed by atoms with van der Waals surface area (Å²) in [5.41, 5.74) is 5.39. The quantitative estimate of drug-likeness (QED) is 0.764. The summed E-state index contributed by atoms with van der Waals surface area (Å²) in [5.74, 6) is 0.578. The van der Waals surface area contributed by atoms with Crippen molar-refractivity contribution in [2.24, 2.45) is 5.92 Å². The molecule has 30 heavy (non-hydrogen) atoms. The number of piperidine rings is 1. The number of hydrogen-bond acceptors (Lipinski definition) is 4. The fourth-order valence-electron chi connectivity index (χ4n) is 4.68. The standard InChI is InChI=1S/C25H34N4O/c1-20-3-4-21(2)24(17-20)19-28-13-15-29(16-14-28)25(30)23-7-11-27(12-8-23)18-22-5-9-26-10-6-22/h3-6,9-10,17,23H,7-8,11-16,18-19H2,1-2H3. The van der Waals surface area contributed by atoms with Crippen LogP contribution in [0.5, 0.6) is 0 Å². The van der Waals surface area contributed by atoms with Crippen LogP contribution in [-0.4, -0.2) is 64.9 Å². The third-order valence-electron chi connectivity index (χ3n) is 6.67. The highest BCUT2D eigenvalue weighted by molar-refractivity contribution is 5.79. The maximum absolute atomic E-state index is 13.1. The van der Waals surface area contributed by atoms with E-state index in [1.807, 2.05) is 12.4 Å². The molecule has 2 saturated heterocycles. The number of likely N-dealkylation sites (tertiary alicyclic amines) is 1. The predicted molar refractivity (Wildman–Crippen MR) is 120 cm³/mol. The van der Waals surface area contributed by atoms with Gasteiger partial charge in [-0.3, -0.25) is 19.6 Å². The van der Waals surface area contributed by atoms with E-state index in [1.54, 1.807) is 0 Å². The molecule has 160 valence electrons. The first kappa shape index (κ1) is 21.0. The lowest BCUT2D eigenvalue weighted by Crippen LogP contribution is -2.51. The number of rotatable bonds is 5. The lowest BCUT2D eigenvalue weighted by molar-refractivity contribution is -0.139. The zero-order valence-corrected chi connectivity index (χ0v) is 18.4. The number of carbonyl (C=O) groups is 1. The van der Waals surface area contributed by atoms with Crippen molar-refractivity contribution < 1.29 is 4.79 Å². The molecule has 2 aliphatic heterocycles. The van der Waals surface area contributed by atoms with E-state index in [4.69, 9.17) is 0 Å². The van der Waals surface area contributed by atoms with Crippen LogP contribution in [0.25, 0.3) is 0 Å². The summed E-state index contributed by atoms with van der Waals surface area (Å²) in [7, 11) is 0. The Labute approximate surface area is 180 Å². The third-order valence-corrected chi connectivity index (χ3v) is 6.67. The lowest BCUT2D eigenvalue weighted by atomic mass is 9.94. The first-order chi connectivity index (χ1) is 14.6. The maximum Gasteiger partial charge on any atom is 0.225 e. The minimum Gasteiger partial charge on any atom is -0.340 e. The fourth-order valence-corrected chi connectivity index (χ4v) is 4.68. The molecular weight excluding hydrogens is 372 g/mol. The largest absolute Gasteiger partial charge is 0.340 e. The second-order valence-corrected chi connectivity index (χ2v) is 8.94. The van der Waals surface area contributed by atoms with Gasteiger partial charge in [0, 0.05) is 57.6 Å². The van der Waals surface area contributed by atoms with Crippen LogP contribution in [0.2, 0.25) is 0 Å². The Morgan fingerprint density at radius 1 is 0.900 bits per heavy atom. The highest BCUT2D eigenvalue weighted by Crippen LogP contribution is 2.22. The van der Waals surface area contributed by atoms with Gasteiger partial charge in [0.05, 0.1) is 0 Å². The SMILES string of the molecule is Cc1ccc(C)c(CN2CCN(C(=O)C3CCN(Cc4ccncc4)CC3)CC2)c1. The van der Waals surface area contributed by atoms with Gasteiger partial charge in [-0.25, -0.2) is 0 Å². The molecule has 0 radical (unpaired) electrons. The van der Waals surface area contributed by atoms with Gasteiger partial charge in [0.1, 0.15) is 0 Å². The summed E-state index contributed by atoms with van der Waals surface area (Å²) < 4.78 is 0. The van der Waals surface area contributed by atoms with Crippen LogP contribution >= 0.6 is 0 Å². The van der Waals surface area contributed by atoms with Crippen LogP contribution in [0, 0.1) is 19.8 Å². The average Bonchev–Trinajstić information content (AvgIpc) is 2.78. The van der Waals surface area contributed by atoms with Crippen LogP contribution in [0.3, 0.4) is 0 Å². The Morgan fingerprint density at radius 3 is 2.27 bits per heavy atom. The van der Waals surface area contributed by atoms with Gasteiger partial charge in [0.25, 0.3) is 0 Å². The summed E-state index contributed by atoms with van der Waals surface area (Å²) in [6, 6.07) is 10.8. The van der Waals surface area contributed by atoms with Gasteiger partial charge in [-0.05, 0) is 68.6 Å². The Balaban J connectivity index is 1.22. The van der Waals surface area contributed by atoms with Crippen molar-refractivity contribution in [1.29, 1.82) is 0 Å². The molecule has 3 heterocycles. The van der Waals surface area contributed by atoms with Crippen LogP contribution in [0.1, 0.15) is 35.1 Å². The molecule has 2 aliphatic rings. The maximum atomic E-state index is 13.1. The lowest BCUT2D eigenvalue weighted by Gasteiger charge is -2.38.